The highest BCUT2D eigenvalue weighted by Gasteiger charge is 2.17. The average molecular weight is 429 g/mol. The number of amides is 1. The zero-order chi connectivity index (χ0) is 20.9. The second kappa shape index (κ2) is 8.89. The summed E-state index contributed by atoms with van der Waals surface area (Å²) in [5, 5.41) is 4.40. The first-order valence-electron chi connectivity index (χ1n) is 8.54. The molecular weight excluding hydrogens is 412 g/mol. The molecule has 1 N–H and O–H groups in total. The Kier molecular flexibility index (Phi) is 6.31. The number of aryl methyl sites for hydroxylation is 1. The summed E-state index contributed by atoms with van der Waals surface area (Å²) in [5.74, 6) is -0.332. The highest BCUT2D eigenvalue weighted by molar-refractivity contribution is 7.87. The van der Waals surface area contributed by atoms with Gasteiger partial charge in [0.2, 0.25) is 0 Å². The molecule has 0 atom stereocenters. The Labute approximate surface area is 173 Å². The number of nitrogens with zero attached hydrogens (tertiary/aromatic N) is 1. The summed E-state index contributed by atoms with van der Waals surface area (Å²) in [4.78, 5) is 12.1. The quantitative estimate of drug-likeness (QED) is 0.362. The van der Waals surface area contributed by atoms with E-state index in [-0.39, 0.29) is 10.6 Å². The molecule has 1 amide bonds. The predicted octanol–water partition coefficient (Wildman–Crippen LogP) is 4.18. The van der Waals surface area contributed by atoms with Crippen molar-refractivity contribution in [3.63, 3.8) is 0 Å². The molecule has 0 fully saturated rings. The number of halogens is 1. The molecule has 29 heavy (non-hydrogen) atoms. The van der Waals surface area contributed by atoms with Gasteiger partial charge in [0.1, 0.15) is 4.90 Å². The van der Waals surface area contributed by atoms with Gasteiger partial charge in [-0.1, -0.05) is 41.4 Å². The lowest BCUT2D eigenvalue weighted by atomic mass is 10.2. The number of hydrogen-bond donors (Lipinski definition) is 1. The monoisotopic (exact) mass is 428 g/mol. The van der Waals surface area contributed by atoms with Crippen molar-refractivity contribution < 1.29 is 17.4 Å². The highest BCUT2D eigenvalue weighted by Crippen LogP contribution is 2.22. The van der Waals surface area contributed by atoms with Crippen molar-refractivity contribution in [1.29, 1.82) is 0 Å². The van der Waals surface area contributed by atoms with E-state index in [1.54, 1.807) is 54.6 Å². The van der Waals surface area contributed by atoms with Crippen LogP contribution in [0.4, 0.5) is 0 Å². The van der Waals surface area contributed by atoms with Crippen LogP contribution in [0.3, 0.4) is 0 Å². The van der Waals surface area contributed by atoms with Gasteiger partial charge in [0.05, 0.1) is 6.21 Å². The Balaban J connectivity index is 1.75. The van der Waals surface area contributed by atoms with E-state index in [0.29, 0.717) is 16.1 Å². The molecule has 6 nitrogen and oxygen atoms in total. The van der Waals surface area contributed by atoms with Gasteiger partial charge in [0.25, 0.3) is 5.91 Å². The van der Waals surface area contributed by atoms with Gasteiger partial charge >= 0.3 is 10.1 Å². The lowest BCUT2D eigenvalue weighted by Crippen LogP contribution is -2.17. The van der Waals surface area contributed by atoms with Crippen molar-refractivity contribution in [2.24, 2.45) is 5.10 Å². The Morgan fingerprint density at radius 3 is 2.34 bits per heavy atom. The molecule has 0 aliphatic heterocycles. The summed E-state index contributed by atoms with van der Waals surface area (Å²) in [6.45, 7) is 1.86. The summed E-state index contributed by atoms with van der Waals surface area (Å²) >= 11 is 5.80. The zero-order valence-electron chi connectivity index (χ0n) is 15.4. The van der Waals surface area contributed by atoms with E-state index in [4.69, 9.17) is 15.8 Å². The third-order valence-electron chi connectivity index (χ3n) is 3.90. The van der Waals surface area contributed by atoms with Crippen molar-refractivity contribution >= 4 is 33.8 Å². The van der Waals surface area contributed by atoms with Crippen molar-refractivity contribution in [3.05, 3.63) is 94.5 Å². The van der Waals surface area contributed by atoms with Crippen LogP contribution in [0.15, 0.2) is 82.8 Å². The maximum Gasteiger partial charge on any atom is 0.339 e. The van der Waals surface area contributed by atoms with Crippen molar-refractivity contribution in [3.8, 4) is 5.75 Å². The van der Waals surface area contributed by atoms with E-state index in [0.717, 1.165) is 5.56 Å². The lowest BCUT2D eigenvalue weighted by molar-refractivity contribution is 0.0955. The molecule has 0 aromatic heterocycles. The summed E-state index contributed by atoms with van der Waals surface area (Å²) in [6.07, 6.45) is 1.31. The SMILES string of the molecule is Cc1ccc(S(=O)(=O)Oc2ccccc2C=NNC(=O)c2ccc(Cl)cc2)cc1. The van der Waals surface area contributed by atoms with E-state index < -0.39 is 16.0 Å². The molecule has 148 valence electrons. The van der Waals surface area contributed by atoms with Crippen LogP contribution in [0.5, 0.6) is 5.75 Å². The fourth-order valence-electron chi connectivity index (χ4n) is 2.36. The minimum Gasteiger partial charge on any atom is -0.378 e. The van der Waals surface area contributed by atoms with Gasteiger partial charge in [0, 0.05) is 16.1 Å². The van der Waals surface area contributed by atoms with Crippen LogP contribution in [0.2, 0.25) is 5.02 Å². The summed E-state index contributed by atoms with van der Waals surface area (Å²) in [5.41, 5.74) is 4.09. The van der Waals surface area contributed by atoms with Gasteiger partial charge in [-0.25, -0.2) is 5.43 Å². The van der Waals surface area contributed by atoms with E-state index in [2.05, 4.69) is 10.5 Å². The number of hydrazone groups is 1. The van der Waals surface area contributed by atoms with Crippen LogP contribution in [-0.2, 0) is 10.1 Å². The fourth-order valence-corrected chi connectivity index (χ4v) is 3.44. The number of benzene rings is 3. The predicted molar refractivity (Wildman–Crippen MR) is 112 cm³/mol. The van der Waals surface area contributed by atoms with E-state index in [1.807, 2.05) is 6.92 Å². The Bertz CT molecular complexity index is 1140. The maximum absolute atomic E-state index is 12.5. The fraction of sp³-hybridized carbons (Fsp3) is 0.0476. The number of carbonyl (C=O) groups excluding carboxylic acids is 1. The molecule has 0 aliphatic rings. The third kappa shape index (κ3) is 5.43. The summed E-state index contributed by atoms with van der Waals surface area (Å²) in [7, 11) is -4.00. The van der Waals surface area contributed by atoms with Crippen LogP contribution in [0.1, 0.15) is 21.5 Å². The minimum absolute atomic E-state index is 0.0471. The second-order valence-corrected chi connectivity index (χ2v) is 8.08. The van der Waals surface area contributed by atoms with Crippen molar-refractivity contribution in [2.45, 2.75) is 11.8 Å². The molecular formula is C21H17ClN2O4S. The minimum atomic E-state index is -4.00. The molecule has 0 radical (unpaired) electrons. The van der Waals surface area contributed by atoms with Gasteiger partial charge in [-0.3, -0.25) is 4.79 Å². The van der Waals surface area contributed by atoms with Crippen LogP contribution in [-0.4, -0.2) is 20.5 Å². The van der Waals surface area contributed by atoms with E-state index >= 15 is 0 Å². The first-order chi connectivity index (χ1) is 13.8. The summed E-state index contributed by atoms with van der Waals surface area (Å²) < 4.78 is 30.3. The normalized spacial score (nSPS) is 11.4. The first kappa shape index (κ1) is 20.6. The molecule has 0 bridgehead atoms. The van der Waals surface area contributed by atoms with Crippen LogP contribution in [0.25, 0.3) is 0 Å². The molecule has 3 rings (SSSR count). The molecule has 0 saturated heterocycles. The van der Waals surface area contributed by atoms with Gasteiger partial charge in [-0.15, -0.1) is 0 Å². The topological polar surface area (TPSA) is 84.8 Å². The molecule has 0 aliphatic carbocycles. The molecule has 0 spiro atoms. The molecule has 3 aromatic rings. The number of para-hydroxylation sites is 1. The largest absolute Gasteiger partial charge is 0.378 e. The molecule has 8 heteroatoms. The standard InChI is InChI=1S/C21H17ClN2O4S/c1-15-6-12-19(13-7-15)29(26,27)28-20-5-3-2-4-17(20)14-23-24-21(25)16-8-10-18(22)11-9-16/h2-14H,1H3,(H,24,25). The second-order valence-electron chi connectivity index (χ2n) is 6.09. The smallest absolute Gasteiger partial charge is 0.339 e. The van der Waals surface area contributed by atoms with Gasteiger partial charge < -0.3 is 4.18 Å². The Morgan fingerprint density at radius 2 is 1.66 bits per heavy atom. The third-order valence-corrected chi connectivity index (χ3v) is 5.40. The molecule has 0 saturated carbocycles. The van der Waals surface area contributed by atoms with Gasteiger partial charge in [0.15, 0.2) is 5.75 Å². The molecule has 0 heterocycles. The van der Waals surface area contributed by atoms with Crippen LogP contribution < -0.4 is 9.61 Å². The van der Waals surface area contributed by atoms with Crippen molar-refractivity contribution in [1.82, 2.24) is 5.43 Å². The molecule has 3 aromatic carbocycles. The molecule has 0 unspecified atom stereocenters. The lowest BCUT2D eigenvalue weighted by Gasteiger charge is -2.09. The van der Waals surface area contributed by atoms with Gasteiger partial charge in [-0.05, 0) is 55.5 Å². The van der Waals surface area contributed by atoms with Crippen LogP contribution >= 0.6 is 11.6 Å². The number of nitrogens with one attached hydrogen (secondary N) is 1. The Morgan fingerprint density at radius 1 is 1.00 bits per heavy atom. The van der Waals surface area contributed by atoms with Crippen LogP contribution in [0, 0.1) is 6.92 Å². The van der Waals surface area contributed by atoms with E-state index in [9.17, 15) is 13.2 Å². The summed E-state index contributed by atoms with van der Waals surface area (Å²) in [6, 6.07) is 19.1. The van der Waals surface area contributed by atoms with Crippen molar-refractivity contribution in [2.75, 3.05) is 0 Å². The Hall–Kier alpha value is -3.16. The number of carbonyl (C=O) groups is 1. The number of rotatable bonds is 6. The highest BCUT2D eigenvalue weighted by atomic mass is 35.5. The first-order valence-corrected chi connectivity index (χ1v) is 10.3. The number of hydrogen-bond acceptors (Lipinski definition) is 5. The van der Waals surface area contributed by atoms with Gasteiger partial charge in [-0.2, -0.15) is 13.5 Å². The zero-order valence-corrected chi connectivity index (χ0v) is 16.9. The maximum atomic E-state index is 12.5. The average Bonchev–Trinajstić information content (AvgIpc) is 2.70. The van der Waals surface area contributed by atoms with E-state index in [1.165, 1.54) is 24.4 Å².